The summed E-state index contributed by atoms with van der Waals surface area (Å²) in [6.07, 6.45) is 1.72. The van der Waals surface area contributed by atoms with Crippen LogP contribution in [0.15, 0.2) is 45.5 Å². The minimum absolute atomic E-state index is 0.137. The Morgan fingerprint density at radius 3 is 2.48 bits per heavy atom. The molecular formula is C17H17BrClNO3. The molecule has 0 radical (unpaired) electrons. The summed E-state index contributed by atoms with van der Waals surface area (Å²) >= 11 is 9.20. The van der Waals surface area contributed by atoms with Gasteiger partial charge in [-0.3, -0.25) is 4.79 Å². The first-order valence-electron chi connectivity index (χ1n) is 7.46. The summed E-state index contributed by atoms with van der Waals surface area (Å²) in [6.45, 7) is 1.91. The first-order chi connectivity index (χ1) is 11.1. The fourth-order valence-electron chi connectivity index (χ4n) is 2.91. The summed E-state index contributed by atoms with van der Waals surface area (Å²) in [5.74, 6) is 0.0886. The van der Waals surface area contributed by atoms with Gasteiger partial charge in [-0.2, -0.15) is 0 Å². The Hall–Kier alpha value is -1.30. The number of halogens is 2. The van der Waals surface area contributed by atoms with E-state index in [0.29, 0.717) is 35.2 Å². The van der Waals surface area contributed by atoms with Crippen molar-refractivity contribution >= 4 is 33.4 Å². The summed E-state index contributed by atoms with van der Waals surface area (Å²) in [5, 5.41) is 3.70. The summed E-state index contributed by atoms with van der Waals surface area (Å²) in [6, 6.07) is 11.2. The van der Waals surface area contributed by atoms with Crippen LogP contribution >= 0.6 is 27.5 Å². The molecule has 1 aliphatic heterocycles. The van der Waals surface area contributed by atoms with Crippen molar-refractivity contribution in [2.24, 2.45) is 0 Å². The van der Waals surface area contributed by atoms with E-state index < -0.39 is 0 Å². The molecule has 0 aliphatic carbocycles. The molecule has 23 heavy (non-hydrogen) atoms. The van der Waals surface area contributed by atoms with E-state index in [1.54, 1.807) is 12.1 Å². The van der Waals surface area contributed by atoms with E-state index in [1.807, 2.05) is 24.3 Å². The maximum atomic E-state index is 12.3. The molecular weight excluding hydrogens is 382 g/mol. The van der Waals surface area contributed by atoms with Gasteiger partial charge in [0.25, 0.3) is 5.91 Å². The molecule has 3 rings (SSSR count). The van der Waals surface area contributed by atoms with Gasteiger partial charge in [0, 0.05) is 30.2 Å². The molecule has 2 aromatic rings. The molecule has 1 aromatic carbocycles. The molecule has 1 aliphatic rings. The predicted octanol–water partition coefficient (Wildman–Crippen LogP) is 4.17. The maximum absolute atomic E-state index is 12.3. The van der Waals surface area contributed by atoms with Crippen LogP contribution in [0.2, 0.25) is 5.02 Å². The molecule has 122 valence electrons. The van der Waals surface area contributed by atoms with Crippen molar-refractivity contribution in [3.05, 3.63) is 57.4 Å². The smallest absolute Gasteiger partial charge is 0.287 e. The highest BCUT2D eigenvalue weighted by molar-refractivity contribution is 9.10. The summed E-state index contributed by atoms with van der Waals surface area (Å²) < 4.78 is 11.3. The standard InChI is InChI=1S/C17H17BrClNO3/c18-15-6-5-14(23-15)16(21)20-11-17(7-9-22-10-8-17)12-1-3-13(19)4-2-12/h1-6H,7-11H2,(H,20,21). The number of benzene rings is 1. The van der Waals surface area contributed by atoms with Crippen molar-refractivity contribution in [2.45, 2.75) is 18.3 Å². The first kappa shape index (κ1) is 16.6. The van der Waals surface area contributed by atoms with Crippen molar-refractivity contribution < 1.29 is 13.9 Å². The van der Waals surface area contributed by atoms with Gasteiger partial charge in [0.1, 0.15) is 0 Å². The predicted molar refractivity (Wildman–Crippen MR) is 91.9 cm³/mol. The number of ether oxygens (including phenoxy) is 1. The van der Waals surface area contributed by atoms with E-state index in [0.717, 1.165) is 12.8 Å². The number of rotatable bonds is 4. The SMILES string of the molecule is O=C(NCC1(c2ccc(Cl)cc2)CCOCC1)c1ccc(Br)o1. The largest absolute Gasteiger partial charge is 0.444 e. The van der Waals surface area contributed by atoms with Gasteiger partial charge in [-0.25, -0.2) is 0 Å². The zero-order valence-electron chi connectivity index (χ0n) is 12.5. The van der Waals surface area contributed by atoms with Gasteiger partial charge < -0.3 is 14.5 Å². The molecule has 0 bridgehead atoms. The third kappa shape index (κ3) is 3.79. The van der Waals surface area contributed by atoms with Crippen LogP contribution in [0.1, 0.15) is 29.0 Å². The molecule has 1 amide bonds. The normalized spacial score (nSPS) is 17.0. The Labute approximate surface area is 148 Å². The average Bonchev–Trinajstić information content (AvgIpc) is 3.01. The Morgan fingerprint density at radius 1 is 1.17 bits per heavy atom. The van der Waals surface area contributed by atoms with E-state index in [2.05, 4.69) is 21.2 Å². The van der Waals surface area contributed by atoms with Crippen molar-refractivity contribution in [3.63, 3.8) is 0 Å². The highest BCUT2D eigenvalue weighted by atomic mass is 79.9. The van der Waals surface area contributed by atoms with Crippen LogP contribution < -0.4 is 5.32 Å². The highest BCUT2D eigenvalue weighted by Crippen LogP contribution is 2.35. The lowest BCUT2D eigenvalue weighted by Crippen LogP contribution is -2.44. The Kier molecular flexibility index (Phi) is 5.09. The minimum Gasteiger partial charge on any atom is -0.444 e. The number of nitrogens with one attached hydrogen (secondary N) is 1. The number of carbonyl (C=O) groups is 1. The average molecular weight is 399 g/mol. The maximum Gasteiger partial charge on any atom is 0.287 e. The molecule has 1 fully saturated rings. The topological polar surface area (TPSA) is 51.5 Å². The zero-order chi connectivity index (χ0) is 16.3. The fraction of sp³-hybridized carbons (Fsp3) is 0.353. The third-order valence-corrected chi connectivity index (χ3v) is 4.97. The van der Waals surface area contributed by atoms with Gasteiger partial charge in [0.2, 0.25) is 0 Å². The third-order valence-electron chi connectivity index (χ3n) is 4.29. The van der Waals surface area contributed by atoms with Crippen LogP contribution in [0.4, 0.5) is 0 Å². The van der Waals surface area contributed by atoms with E-state index >= 15 is 0 Å². The number of carbonyl (C=O) groups excluding carboxylic acids is 1. The Balaban J connectivity index is 1.76. The van der Waals surface area contributed by atoms with Crippen molar-refractivity contribution in [2.75, 3.05) is 19.8 Å². The van der Waals surface area contributed by atoms with E-state index in [-0.39, 0.29) is 11.3 Å². The number of amides is 1. The van der Waals surface area contributed by atoms with Crippen LogP contribution in [0, 0.1) is 0 Å². The molecule has 0 spiro atoms. The second-order valence-electron chi connectivity index (χ2n) is 5.69. The van der Waals surface area contributed by atoms with Gasteiger partial charge in [-0.05, 0) is 58.6 Å². The van der Waals surface area contributed by atoms with Crippen molar-refractivity contribution in [1.82, 2.24) is 5.32 Å². The zero-order valence-corrected chi connectivity index (χ0v) is 14.8. The van der Waals surface area contributed by atoms with Gasteiger partial charge in [-0.15, -0.1) is 0 Å². The van der Waals surface area contributed by atoms with Crippen LogP contribution in [-0.4, -0.2) is 25.7 Å². The first-order valence-corrected chi connectivity index (χ1v) is 8.63. The lowest BCUT2D eigenvalue weighted by atomic mass is 9.74. The highest BCUT2D eigenvalue weighted by Gasteiger charge is 2.35. The monoisotopic (exact) mass is 397 g/mol. The Morgan fingerprint density at radius 2 is 1.87 bits per heavy atom. The van der Waals surface area contributed by atoms with Gasteiger partial charge >= 0.3 is 0 Å². The lowest BCUT2D eigenvalue weighted by Gasteiger charge is -2.37. The number of furan rings is 1. The van der Waals surface area contributed by atoms with Crippen LogP contribution in [0.25, 0.3) is 0 Å². The van der Waals surface area contributed by atoms with Crippen LogP contribution in [0.5, 0.6) is 0 Å². The van der Waals surface area contributed by atoms with Gasteiger partial charge in [-0.1, -0.05) is 23.7 Å². The molecule has 1 saturated heterocycles. The molecule has 1 aromatic heterocycles. The summed E-state index contributed by atoms with van der Waals surface area (Å²) in [7, 11) is 0. The molecule has 0 atom stereocenters. The molecule has 1 N–H and O–H groups in total. The van der Waals surface area contributed by atoms with Crippen LogP contribution in [-0.2, 0) is 10.2 Å². The lowest BCUT2D eigenvalue weighted by molar-refractivity contribution is 0.0484. The van der Waals surface area contributed by atoms with Crippen LogP contribution in [0.3, 0.4) is 0 Å². The second-order valence-corrected chi connectivity index (χ2v) is 6.90. The second kappa shape index (κ2) is 7.07. The summed E-state index contributed by atoms with van der Waals surface area (Å²) in [4.78, 5) is 12.3. The minimum atomic E-state index is -0.212. The molecule has 2 heterocycles. The Bertz CT molecular complexity index is 677. The van der Waals surface area contributed by atoms with Crippen molar-refractivity contribution in [1.29, 1.82) is 0 Å². The van der Waals surface area contributed by atoms with Crippen molar-refractivity contribution in [3.8, 4) is 0 Å². The number of hydrogen-bond acceptors (Lipinski definition) is 3. The quantitative estimate of drug-likeness (QED) is 0.841. The molecule has 6 heteroatoms. The van der Waals surface area contributed by atoms with E-state index in [4.69, 9.17) is 20.8 Å². The van der Waals surface area contributed by atoms with E-state index in [9.17, 15) is 4.79 Å². The number of hydrogen-bond donors (Lipinski definition) is 1. The van der Waals surface area contributed by atoms with E-state index in [1.165, 1.54) is 5.56 Å². The molecule has 0 unspecified atom stereocenters. The fourth-order valence-corrected chi connectivity index (χ4v) is 3.34. The summed E-state index contributed by atoms with van der Waals surface area (Å²) in [5.41, 5.74) is 1.04. The van der Waals surface area contributed by atoms with Gasteiger partial charge in [0.15, 0.2) is 10.4 Å². The molecule has 0 saturated carbocycles. The molecule has 4 nitrogen and oxygen atoms in total. The van der Waals surface area contributed by atoms with Gasteiger partial charge in [0.05, 0.1) is 0 Å².